The van der Waals surface area contributed by atoms with E-state index in [1.807, 2.05) is 13.8 Å². The molecular weight excluding hydrogens is 260 g/mol. The van der Waals surface area contributed by atoms with Crippen molar-refractivity contribution in [1.29, 1.82) is 0 Å². The molecule has 0 radical (unpaired) electrons. The molecule has 1 aliphatic heterocycles. The molecular formula is C14H26N2O4. The third-order valence-corrected chi connectivity index (χ3v) is 3.29. The van der Waals surface area contributed by atoms with E-state index in [9.17, 15) is 9.59 Å². The number of rotatable bonds is 8. The number of hydrogen-bond donors (Lipinski definition) is 1. The summed E-state index contributed by atoms with van der Waals surface area (Å²) in [5.41, 5.74) is 0. The Morgan fingerprint density at radius 1 is 1.45 bits per heavy atom. The van der Waals surface area contributed by atoms with Crippen LogP contribution in [0.15, 0.2) is 0 Å². The lowest BCUT2D eigenvalue weighted by Gasteiger charge is -2.31. The largest absolute Gasteiger partial charge is 0.383 e. The zero-order chi connectivity index (χ0) is 15.0. The summed E-state index contributed by atoms with van der Waals surface area (Å²) in [4.78, 5) is 25.5. The summed E-state index contributed by atoms with van der Waals surface area (Å²) in [6.07, 6.45) is 1.23. The van der Waals surface area contributed by atoms with Crippen molar-refractivity contribution in [3.05, 3.63) is 0 Å². The van der Waals surface area contributed by atoms with Crippen molar-refractivity contribution in [2.75, 3.05) is 40.0 Å². The number of amides is 2. The molecule has 1 aliphatic rings. The zero-order valence-corrected chi connectivity index (χ0v) is 12.7. The second-order valence-corrected chi connectivity index (χ2v) is 5.28. The van der Waals surface area contributed by atoms with E-state index in [0.717, 1.165) is 0 Å². The van der Waals surface area contributed by atoms with E-state index >= 15 is 0 Å². The van der Waals surface area contributed by atoms with Crippen molar-refractivity contribution in [3.63, 3.8) is 0 Å². The molecule has 0 aromatic carbocycles. The maximum Gasteiger partial charge on any atom is 0.224 e. The van der Waals surface area contributed by atoms with Crippen LogP contribution in [0.3, 0.4) is 0 Å². The van der Waals surface area contributed by atoms with Crippen LogP contribution < -0.4 is 5.32 Å². The predicted octanol–water partition coefficient (Wildman–Crippen LogP) is 0.413. The molecule has 1 heterocycles. The van der Waals surface area contributed by atoms with Crippen LogP contribution in [-0.4, -0.2) is 62.8 Å². The average Bonchev–Trinajstić information content (AvgIpc) is 2.42. The molecule has 1 rings (SSSR count). The van der Waals surface area contributed by atoms with Crippen molar-refractivity contribution in [2.24, 2.45) is 5.92 Å². The molecule has 20 heavy (non-hydrogen) atoms. The van der Waals surface area contributed by atoms with E-state index in [2.05, 4.69) is 5.32 Å². The highest BCUT2D eigenvalue weighted by Crippen LogP contribution is 2.17. The van der Waals surface area contributed by atoms with E-state index in [4.69, 9.17) is 9.47 Å². The first kappa shape index (κ1) is 16.9. The fraction of sp³-hybridized carbons (Fsp3) is 0.857. The van der Waals surface area contributed by atoms with Crippen molar-refractivity contribution in [1.82, 2.24) is 10.2 Å². The number of nitrogens with zero attached hydrogens (tertiary/aromatic N) is 1. The summed E-state index contributed by atoms with van der Waals surface area (Å²) >= 11 is 0. The third kappa shape index (κ3) is 5.88. The highest BCUT2D eigenvalue weighted by molar-refractivity contribution is 5.83. The number of methoxy groups -OCH3 is 1. The molecule has 0 bridgehead atoms. The fourth-order valence-electron chi connectivity index (χ4n) is 2.16. The lowest BCUT2D eigenvalue weighted by molar-refractivity contribution is -0.139. The van der Waals surface area contributed by atoms with Crippen LogP contribution in [0.2, 0.25) is 0 Å². The van der Waals surface area contributed by atoms with Gasteiger partial charge < -0.3 is 19.7 Å². The molecule has 0 aromatic rings. The maximum atomic E-state index is 12.0. The Morgan fingerprint density at radius 3 is 2.85 bits per heavy atom. The standard InChI is InChI=1S/C14H26N2O4/c1-11(2)20-8-6-15-14(18)12-4-5-13(17)16(10-12)7-9-19-3/h11-12H,4-10H2,1-3H3,(H,15,18)/t12-/m0/s1. The minimum Gasteiger partial charge on any atom is -0.383 e. The van der Waals surface area contributed by atoms with Crippen LogP contribution in [0.25, 0.3) is 0 Å². The van der Waals surface area contributed by atoms with E-state index in [1.54, 1.807) is 12.0 Å². The Balaban J connectivity index is 2.31. The van der Waals surface area contributed by atoms with Gasteiger partial charge in [-0.05, 0) is 20.3 Å². The second kappa shape index (κ2) is 8.92. The van der Waals surface area contributed by atoms with E-state index < -0.39 is 0 Å². The molecule has 0 saturated carbocycles. The number of carbonyl (C=O) groups excluding carboxylic acids is 2. The molecule has 1 saturated heterocycles. The molecule has 6 heteroatoms. The molecule has 0 aliphatic carbocycles. The molecule has 0 unspecified atom stereocenters. The zero-order valence-electron chi connectivity index (χ0n) is 12.7. The van der Waals surface area contributed by atoms with Crippen LogP contribution in [0.5, 0.6) is 0 Å². The van der Waals surface area contributed by atoms with Crippen molar-refractivity contribution < 1.29 is 19.1 Å². The maximum absolute atomic E-state index is 12.0. The Morgan fingerprint density at radius 2 is 2.20 bits per heavy atom. The van der Waals surface area contributed by atoms with Gasteiger partial charge in [0.15, 0.2) is 0 Å². The van der Waals surface area contributed by atoms with Gasteiger partial charge >= 0.3 is 0 Å². The van der Waals surface area contributed by atoms with Crippen LogP contribution in [-0.2, 0) is 19.1 Å². The van der Waals surface area contributed by atoms with Crippen LogP contribution >= 0.6 is 0 Å². The molecule has 2 amide bonds. The topological polar surface area (TPSA) is 67.9 Å². The number of likely N-dealkylation sites (tertiary alicyclic amines) is 1. The lowest BCUT2D eigenvalue weighted by Crippen LogP contribution is -2.47. The van der Waals surface area contributed by atoms with Gasteiger partial charge in [0, 0.05) is 33.2 Å². The predicted molar refractivity (Wildman–Crippen MR) is 75.3 cm³/mol. The number of carbonyl (C=O) groups is 2. The summed E-state index contributed by atoms with van der Waals surface area (Å²) in [5, 5.41) is 2.87. The monoisotopic (exact) mass is 286 g/mol. The van der Waals surface area contributed by atoms with Crippen molar-refractivity contribution in [2.45, 2.75) is 32.8 Å². The smallest absolute Gasteiger partial charge is 0.224 e. The van der Waals surface area contributed by atoms with Gasteiger partial charge in [0.1, 0.15) is 0 Å². The number of ether oxygens (including phenoxy) is 2. The summed E-state index contributed by atoms with van der Waals surface area (Å²) in [7, 11) is 1.60. The fourth-order valence-corrected chi connectivity index (χ4v) is 2.16. The van der Waals surface area contributed by atoms with Crippen LogP contribution in [0.1, 0.15) is 26.7 Å². The van der Waals surface area contributed by atoms with Crippen LogP contribution in [0, 0.1) is 5.92 Å². The van der Waals surface area contributed by atoms with Gasteiger partial charge in [0.05, 0.1) is 25.2 Å². The van der Waals surface area contributed by atoms with Gasteiger partial charge in [-0.3, -0.25) is 9.59 Å². The van der Waals surface area contributed by atoms with E-state index in [0.29, 0.717) is 45.7 Å². The first-order chi connectivity index (χ1) is 9.54. The van der Waals surface area contributed by atoms with Crippen molar-refractivity contribution >= 4 is 11.8 Å². The minimum atomic E-state index is -0.122. The Kier molecular flexibility index (Phi) is 7.54. The molecule has 0 spiro atoms. The van der Waals surface area contributed by atoms with Gasteiger partial charge in [-0.1, -0.05) is 0 Å². The third-order valence-electron chi connectivity index (χ3n) is 3.29. The number of piperidine rings is 1. The number of hydrogen-bond acceptors (Lipinski definition) is 4. The molecule has 1 N–H and O–H groups in total. The molecule has 1 atom stereocenters. The van der Waals surface area contributed by atoms with Gasteiger partial charge in [-0.15, -0.1) is 0 Å². The van der Waals surface area contributed by atoms with Gasteiger partial charge in [0.2, 0.25) is 11.8 Å². The van der Waals surface area contributed by atoms with Crippen molar-refractivity contribution in [3.8, 4) is 0 Å². The summed E-state index contributed by atoms with van der Waals surface area (Å²) < 4.78 is 10.4. The van der Waals surface area contributed by atoms with Gasteiger partial charge in [-0.2, -0.15) is 0 Å². The molecule has 6 nitrogen and oxygen atoms in total. The molecule has 1 fully saturated rings. The lowest BCUT2D eigenvalue weighted by atomic mass is 9.96. The molecule has 116 valence electrons. The Hall–Kier alpha value is -1.14. The summed E-state index contributed by atoms with van der Waals surface area (Å²) in [6, 6.07) is 0. The first-order valence-electron chi connectivity index (χ1n) is 7.20. The van der Waals surface area contributed by atoms with Gasteiger partial charge in [-0.25, -0.2) is 0 Å². The average molecular weight is 286 g/mol. The van der Waals surface area contributed by atoms with E-state index in [1.165, 1.54) is 0 Å². The molecule has 0 aromatic heterocycles. The highest BCUT2D eigenvalue weighted by Gasteiger charge is 2.29. The SMILES string of the molecule is COCCN1C[C@@H](C(=O)NCCOC(C)C)CCC1=O. The Bertz CT molecular complexity index is 320. The summed E-state index contributed by atoms with van der Waals surface area (Å²) in [6.45, 7) is 6.49. The second-order valence-electron chi connectivity index (χ2n) is 5.28. The van der Waals surface area contributed by atoms with E-state index in [-0.39, 0.29) is 23.8 Å². The van der Waals surface area contributed by atoms with Gasteiger partial charge in [0.25, 0.3) is 0 Å². The minimum absolute atomic E-state index is 0.00673. The highest BCUT2D eigenvalue weighted by atomic mass is 16.5. The Labute approximate surface area is 120 Å². The summed E-state index contributed by atoms with van der Waals surface area (Å²) in [5.74, 6) is -0.00915. The number of nitrogens with one attached hydrogen (secondary N) is 1. The first-order valence-corrected chi connectivity index (χ1v) is 7.20. The normalized spacial score (nSPS) is 19.5. The van der Waals surface area contributed by atoms with Crippen LogP contribution in [0.4, 0.5) is 0 Å². The quantitative estimate of drug-likeness (QED) is 0.656.